The van der Waals surface area contributed by atoms with E-state index in [1.54, 1.807) is 12.2 Å². The van der Waals surface area contributed by atoms with Crippen molar-refractivity contribution in [1.29, 1.82) is 0 Å². The molecule has 6 nitrogen and oxygen atoms in total. The first-order valence-electron chi connectivity index (χ1n) is 7.08. The molecule has 0 aliphatic carbocycles. The monoisotopic (exact) mass is 324 g/mol. The van der Waals surface area contributed by atoms with Crippen molar-refractivity contribution in [2.45, 2.75) is 18.9 Å². The summed E-state index contributed by atoms with van der Waals surface area (Å²) in [5.41, 5.74) is 1.04. The van der Waals surface area contributed by atoms with Crippen LogP contribution in [0.2, 0.25) is 0 Å². The highest BCUT2D eigenvalue weighted by molar-refractivity contribution is 7.86. The van der Waals surface area contributed by atoms with E-state index in [2.05, 4.69) is 0 Å². The second-order valence-corrected chi connectivity index (χ2v) is 7.18. The van der Waals surface area contributed by atoms with Crippen molar-refractivity contribution in [3.8, 4) is 0 Å². The molecule has 0 saturated heterocycles. The van der Waals surface area contributed by atoms with Crippen LogP contribution in [0.3, 0.4) is 0 Å². The van der Waals surface area contributed by atoms with Crippen molar-refractivity contribution < 1.29 is 18.3 Å². The summed E-state index contributed by atoms with van der Waals surface area (Å²) in [6.07, 6.45) is 4.16. The van der Waals surface area contributed by atoms with Gasteiger partial charge in [-0.15, -0.1) is 0 Å². The van der Waals surface area contributed by atoms with E-state index < -0.39 is 22.2 Å². The van der Waals surface area contributed by atoms with Crippen LogP contribution in [0.5, 0.6) is 0 Å². The van der Waals surface area contributed by atoms with Crippen molar-refractivity contribution in [3.63, 3.8) is 0 Å². The normalized spacial score (nSPS) is 19.5. The van der Waals surface area contributed by atoms with Gasteiger partial charge in [-0.05, 0) is 18.4 Å². The number of carbonyl (C=O) groups is 1. The first-order chi connectivity index (χ1) is 10.4. The number of hydrogen-bond acceptors (Lipinski definition) is 3. The third-order valence-corrected chi connectivity index (χ3v) is 5.66. The van der Waals surface area contributed by atoms with Crippen LogP contribution >= 0.6 is 0 Å². The number of likely N-dealkylation sites (N-methyl/N-ethyl adjacent to an activating group) is 1. The quantitative estimate of drug-likeness (QED) is 0.796. The molecule has 1 atom stereocenters. The zero-order valence-corrected chi connectivity index (χ0v) is 13.2. The molecule has 7 heteroatoms. The highest BCUT2D eigenvalue weighted by Gasteiger charge is 2.37. The predicted octanol–water partition coefficient (Wildman–Crippen LogP) is 1.12. The van der Waals surface area contributed by atoms with Crippen LogP contribution < -0.4 is 0 Å². The molecule has 0 saturated carbocycles. The van der Waals surface area contributed by atoms with Crippen LogP contribution in [0.1, 0.15) is 12.0 Å². The van der Waals surface area contributed by atoms with Crippen molar-refractivity contribution >= 4 is 16.2 Å². The topological polar surface area (TPSA) is 77.9 Å². The van der Waals surface area contributed by atoms with E-state index in [-0.39, 0.29) is 13.0 Å². The Hall–Kier alpha value is -1.70. The molecule has 0 spiro atoms. The average Bonchev–Trinajstić information content (AvgIpc) is 2.53. The molecule has 2 rings (SSSR count). The van der Waals surface area contributed by atoms with Gasteiger partial charge in [0.2, 0.25) is 0 Å². The summed E-state index contributed by atoms with van der Waals surface area (Å²) in [6, 6.07) is 8.55. The Kier molecular flexibility index (Phi) is 5.33. The van der Waals surface area contributed by atoms with Crippen molar-refractivity contribution in [1.82, 2.24) is 8.61 Å². The highest BCUT2D eigenvalue weighted by atomic mass is 32.2. The number of carboxylic acids is 1. The number of hydrogen-bond donors (Lipinski definition) is 1. The molecule has 0 fully saturated rings. The largest absolute Gasteiger partial charge is 0.480 e. The third kappa shape index (κ3) is 3.73. The minimum Gasteiger partial charge on any atom is -0.480 e. The fourth-order valence-corrected chi connectivity index (χ4v) is 3.81. The van der Waals surface area contributed by atoms with Crippen molar-refractivity contribution in [2.75, 3.05) is 20.1 Å². The fraction of sp³-hybridized carbons (Fsp3) is 0.400. The van der Waals surface area contributed by atoms with Gasteiger partial charge in [0, 0.05) is 20.1 Å². The lowest BCUT2D eigenvalue weighted by molar-refractivity contribution is -0.141. The molecule has 22 heavy (non-hydrogen) atoms. The molecule has 1 aliphatic rings. The lowest BCUT2D eigenvalue weighted by atomic mass is 10.1. The standard InChI is InChI=1S/C15H20N2O4S/c1-16(12-10-13-7-3-2-4-8-13)22(20,21)17-11-6-5-9-14(17)15(18)19/h2-8,14H,9-12H2,1H3,(H,18,19). The van der Waals surface area contributed by atoms with E-state index in [9.17, 15) is 18.3 Å². The smallest absolute Gasteiger partial charge is 0.322 e. The van der Waals surface area contributed by atoms with E-state index in [4.69, 9.17) is 0 Å². The second-order valence-electron chi connectivity index (χ2n) is 5.20. The molecule has 0 amide bonds. The Bertz CT molecular complexity index is 643. The van der Waals surface area contributed by atoms with Crippen LogP contribution in [0.25, 0.3) is 0 Å². The van der Waals surface area contributed by atoms with E-state index in [1.165, 1.54) is 11.4 Å². The van der Waals surface area contributed by atoms with Gasteiger partial charge in [-0.3, -0.25) is 4.79 Å². The fourth-order valence-electron chi connectivity index (χ4n) is 2.35. The Labute approximate surface area is 130 Å². The first kappa shape index (κ1) is 16.7. The van der Waals surface area contributed by atoms with Crippen LogP contribution in [-0.4, -0.2) is 54.3 Å². The van der Waals surface area contributed by atoms with Crippen molar-refractivity contribution in [3.05, 3.63) is 48.0 Å². The Morgan fingerprint density at radius 2 is 2.00 bits per heavy atom. The molecule has 120 valence electrons. The molecular weight excluding hydrogens is 304 g/mol. The van der Waals surface area contributed by atoms with Gasteiger partial charge >= 0.3 is 5.97 Å². The second kappa shape index (κ2) is 7.04. The van der Waals surface area contributed by atoms with Gasteiger partial charge in [-0.25, -0.2) is 0 Å². The van der Waals surface area contributed by atoms with Gasteiger partial charge in [0.05, 0.1) is 0 Å². The summed E-state index contributed by atoms with van der Waals surface area (Å²) in [5, 5.41) is 9.20. The average molecular weight is 324 g/mol. The number of rotatable bonds is 6. The van der Waals surface area contributed by atoms with Gasteiger partial charge in [0.1, 0.15) is 6.04 Å². The molecule has 0 radical (unpaired) electrons. The van der Waals surface area contributed by atoms with Crippen LogP contribution in [-0.2, 0) is 21.4 Å². The summed E-state index contributed by atoms with van der Waals surface area (Å²) >= 11 is 0. The van der Waals surface area contributed by atoms with E-state index in [0.29, 0.717) is 13.0 Å². The molecule has 1 aromatic rings. The molecular formula is C15H20N2O4S. The number of nitrogens with zero attached hydrogens (tertiary/aromatic N) is 2. The van der Waals surface area contributed by atoms with Gasteiger partial charge in [-0.2, -0.15) is 17.0 Å². The Morgan fingerprint density at radius 1 is 1.32 bits per heavy atom. The number of aliphatic carboxylic acids is 1. The number of benzene rings is 1. The summed E-state index contributed by atoms with van der Waals surface area (Å²) < 4.78 is 27.4. The van der Waals surface area contributed by atoms with Gasteiger partial charge < -0.3 is 5.11 Å². The molecule has 0 aromatic heterocycles. The van der Waals surface area contributed by atoms with Gasteiger partial charge in [0.15, 0.2) is 0 Å². The molecule has 0 bridgehead atoms. The summed E-state index contributed by atoms with van der Waals surface area (Å²) in [5.74, 6) is -1.12. The lowest BCUT2D eigenvalue weighted by Gasteiger charge is -2.32. The maximum absolute atomic E-state index is 12.6. The predicted molar refractivity (Wildman–Crippen MR) is 83.6 cm³/mol. The zero-order valence-electron chi connectivity index (χ0n) is 12.4. The molecule has 1 unspecified atom stereocenters. The molecule has 1 N–H and O–H groups in total. The maximum Gasteiger partial charge on any atom is 0.322 e. The Balaban J connectivity index is 2.08. The van der Waals surface area contributed by atoms with E-state index >= 15 is 0 Å². The minimum absolute atomic E-state index is 0.0922. The van der Waals surface area contributed by atoms with Gasteiger partial charge in [-0.1, -0.05) is 42.5 Å². The van der Waals surface area contributed by atoms with E-state index in [1.807, 2.05) is 30.3 Å². The van der Waals surface area contributed by atoms with Crippen LogP contribution in [0.4, 0.5) is 0 Å². The first-order valence-corrected chi connectivity index (χ1v) is 8.47. The summed E-state index contributed by atoms with van der Waals surface area (Å²) in [6.45, 7) is 0.397. The lowest BCUT2D eigenvalue weighted by Crippen LogP contribution is -2.51. The molecule has 1 aliphatic heterocycles. The number of carboxylic acid groups (broad SMARTS) is 1. The van der Waals surface area contributed by atoms with Crippen LogP contribution in [0.15, 0.2) is 42.5 Å². The van der Waals surface area contributed by atoms with E-state index in [0.717, 1.165) is 9.87 Å². The maximum atomic E-state index is 12.6. The van der Waals surface area contributed by atoms with Crippen LogP contribution in [0, 0.1) is 0 Å². The van der Waals surface area contributed by atoms with Crippen molar-refractivity contribution in [2.24, 2.45) is 0 Å². The molecule has 1 heterocycles. The summed E-state index contributed by atoms with van der Waals surface area (Å²) in [7, 11) is -2.31. The summed E-state index contributed by atoms with van der Waals surface area (Å²) in [4.78, 5) is 11.3. The third-order valence-electron chi connectivity index (χ3n) is 3.69. The zero-order chi connectivity index (χ0) is 16.2. The van der Waals surface area contributed by atoms with Gasteiger partial charge in [0.25, 0.3) is 10.2 Å². The highest BCUT2D eigenvalue weighted by Crippen LogP contribution is 2.18. The SMILES string of the molecule is CN(CCc1ccccc1)S(=O)(=O)N1CC=CCC1C(=O)O. The minimum atomic E-state index is -3.79. The molecule has 1 aromatic carbocycles. The Morgan fingerprint density at radius 3 is 2.64 bits per heavy atom.